The largest absolute Gasteiger partial charge is 0.366 e. The Balaban J connectivity index is 1.38. The summed E-state index contributed by atoms with van der Waals surface area (Å²) < 4.78 is 3.42. The van der Waals surface area contributed by atoms with Crippen molar-refractivity contribution in [3.05, 3.63) is 29.3 Å². The lowest BCUT2D eigenvalue weighted by atomic mass is 10.1. The van der Waals surface area contributed by atoms with E-state index in [1.165, 1.54) is 11.9 Å². The minimum Gasteiger partial charge on any atom is -0.366 e. The Morgan fingerprint density at radius 3 is 2.66 bits per heavy atom. The van der Waals surface area contributed by atoms with Crippen molar-refractivity contribution >= 4 is 34.0 Å². The molecule has 0 radical (unpaired) electrons. The van der Waals surface area contributed by atoms with Gasteiger partial charge in [-0.3, -0.25) is 10.1 Å². The SMILES string of the molecule is CN1CCN(/C(=C/C(=N)SNC2(C)CC2)c2ncc(-c3cnc(C4(C#N)CC4)s3)[nH]2)CC1. The standard InChI is InChI=1S/C22H28N8S2/c1-21(3-4-21)28-32-18(24)11-16(30-9-7-29(2)8-10-30)19-25-12-15(27-19)17-13-26-20(31-17)22(14-23)5-6-22/h11-13,24,28H,3-10H2,1-2H3,(H,25,27)/b16-11+,24-18?. The van der Waals surface area contributed by atoms with E-state index < -0.39 is 0 Å². The topological polar surface area (TPSA) is 108 Å². The first kappa shape index (κ1) is 21.6. The van der Waals surface area contributed by atoms with Crippen LogP contribution in [0.2, 0.25) is 0 Å². The Morgan fingerprint density at radius 1 is 1.25 bits per heavy atom. The minimum absolute atomic E-state index is 0.170. The van der Waals surface area contributed by atoms with Crippen LogP contribution in [0.3, 0.4) is 0 Å². The van der Waals surface area contributed by atoms with Crippen molar-refractivity contribution in [1.82, 2.24) is 29.5 Å². The minimum atomic E-state index is -0.367. The number of nitrogens with zero attached hydrogens (tertiary/aromatic N) is 5. The molecule has 1 aliphatic heterocycles. The number of thiazole rings is 1. The number of hydrogen-bond acceptors (Lipinski definition) is 9. The molecule has 3 fully saturated rings. The van der Waals surface area contributed by atoms with E-state index in [4.69, 9.17) is 5.41 Å². The van der Waals surface area contributed by atoms with E-state index in [1.807, 2.05) is 18.5 Å². The molecule has 3 heterocycles. The number of hydrogen-bond donors (Lipinski definition) is 3. The van der Waals surface area contributed by atoms with Gasteiger partial charge in [-0.05, 0) is 57.7 Å². The molecule has 2 aromatic heterocycles. The molecule has 0 aromatic carbocycles. The molecule has 0 spiro atoms. The molecule has 10 heteroatoms. The number of nitriles is 1. The van der Waals surface area contributed by atoms with E-state index in [2.05, 4.69) is 49.5 Å². The fourth-order valence-corrected chi connectivity index (χ4v) is 5.48. The molecular formula is C22H28N8S2. The van der Waals surface area contributed by atoms with Crippen molar-refractivity contribution < 1.29 is 0 Å². The number of piperazine rings is 1. The van der Waals surface area contributed by atoms with Gasteiger partial charge in [-0.25, -0.2) is 9.97 Å². The zero-order chi connectivity index (χ0) is 22.3. The fourth-order valence-electron chi connectivity index (χ4n) is 3.67. The lowest BCUT2D eigenvalue weighted by Crippen LogP contribution is -2.43. The van der Waals surface area contributed by atoms with Gasteiger partial charge in [0.05, 0.1) is 28.5 Å². The van der Waals surface area contributed by atoms with Crippen molar-refractivity contribution in [3.63, 3.8) is 0 Å². The Bertz CT molecular complexity index is 1080. The van der Waals surface area contributed by atoms with Crippen LogP contribution in [0, 0.1) is 16.7 Å². The zero-order valence-electron chi connectivity index (χ0n) is 18.4. The highest BCUT2D eigenvalue weighted by atomic mass is 32.2. The van der Waals surface area contributed by atoms with Crippen LogP contribution in [0.1, 0.15) is 43.4 Å². The van der Waals surface area contributed by atoms with Crippen LogP contribution < -0.4 is 4.72 Å². The molecule has 32 heavy (non-hydrogen) atoms. The highest BCUT2D eigenvalue weighted by Crippen LogP contribution is 2.49. The normalized spacial score (nSPS) is 21.9. The van der Waals surface area contributed by atoms with Crippen molar-refractivity contribution in [3.8, 4) is 16.6 Å². The second-order valence-electron chi connectivity index (χ2n) is 9.32. The van der Waals surface area contributed by atoms with Crippen molar-refractivity contribution in [2.45, 2.75) is 43.6 Å². The molecule has 5 rings (SSSR count). The Morgan fingerprint density at radius 2 is 2.00 bits per heavy atom. The van der Waals surface area contributed by atoms with Gasteiger partial charge in [0.1, 0.15) is 15.5 Å². The Hall–Kier alpha value is -2.19. The summed E-state index contributed by atoms with van der Waals surface area (Å²) in [6.07, 6.45) is 9.71. The van der Waals surface area contributed by atoms with E-state index in [9.17, 15) is 5.26 Å². The molecule has 1 saturated heterocycles. The van der Waals surface area contributed by atoms with Crippen molar-refractivity contribution in [2.75, 3.05) is 33.2 Å². The summed E-state index contributed by atoms with van der Waals surface area (Å²) >= 11 is 2.96. The van der Waals surface area contributed by atoms with E-state index in [-0.39, 0.29) is 11.0 Å². The molecule has 3 aliphatic rings. The van der Waals surface area contributed by atoms with Gasteiger partial charge in [0, 0.05) is 37.9 Å². The van der Waals surface area contributed by atoms with Gasteiger partial charge in [0.15, 0.2) is 5.82 Å². The number of nitrogens with one attached hydrogen (secondary N) is 3. The van der Waals surface area contributed by atoms with Crippen LogP contribution >= 0.6 is 23.3 Å². The predicted octanol–water partition coefficient (Wildman–Crippen LogP) is 3.44. The molecule has 0 unspecified atom stereocenters. The molecule has 2 aliphatic carbocycles. The number of rotatable bonds is 7. The van der Waals surface area contributed by atoms with Gasteiger partial charge in [0.2, 0.25) is 0 Å². The maximum atomic E-state index is 9.46. The van der Waals surface area contributed by atoms with Crippen molar-refractivity contribution in [1.29, 1.82) is 10.7 Å². The lowest BCUT2D eigenvalue weighted by Gasteiger charge is -2.35. The highest BCUT2D eigenvalue weighted by molar-refractivity contribution is 8.12. The van der Waals surface area contributed by atoms with Gasteiger partial charge in [-0.15, -0.1) is 11.3 Å². The summed E-state index contributed by atoms with van der Waals surface area (Å²) in [5, 5.41) is 19.4. The number of aromatic nitrogens is 3. The fraction of sp³-hybridized carbons (Fsp3) is 0.545. The summed E-state index contributed by atoms with van der Waals surface area (Å²) in [4.78, 5) is 18.3. The molecule has 2 saturated carbocycles. The van der Waals surface area contributed by atoms with E-state index >= 15 is 0 Å². The average molecular weight is 469 g/mol. The molecule has 8 nitrogen and oxygen atoms in total. The first-order chi connectivity index (χ1) is 15.4. The summed E-state index contributed by atoms with van der Waals surface area (Å²) in [5.74, 6) is 0.768. The van der Waals surface area contributed by atoms with E-state index in [0.29, 0.717) is 5.04 Å². The molecule has 0 bridgehead atoms. The van der Waals surface area contributed by atoms with Gasteiger partial charge in [0.25, 0.3) is 0 Å². The van der Waals surface area contributed by atoms with Crippen molar-refractivity contribution in [2.24, 2.45) is 0 Å². The highest BCUT2D eigenvalue weighted by Gasteiger charge is 2.47. The van der Waals surface area contributed by atoms with Gasteiger partial charge < -0.3 is 14.8 Å². The quantitative estimate of drug-likeness (QED) is 0.324. The van der Waals surface area contributed by atoms with Gasteiger partial charge in [-0.2, -0.15) is 5.26 Å². The molecule has 2 aromatic rings. The Labute approximate surface area is 196 Å². The maximum absolute atomic E-state index is 9.46. The summed E-state index contributed by atoms with van der Waals surface area (Å²) in [6.45, 7) is 5.96. The number of aromatic amines is 1. The first-order valence-electron chi connectivity index (χ1n) is 11.0. The zero-order valence-corrected chi connectivity index (χ0v) is 20.1. The third kappa shape index (κ3) is 4.48. The molecule has 0 amide bonds. The second kappa shape index (κ2) is 8.30. The second-order valence-corrected chi connectivity index (χ2v) is 11.2. The van der Waals surface area contributed by atoms with E-state index in [0.717, 1.165) is 79.0 Å². The number of likely N-dealkylation sites (N-methyl/N-ethyl adjacent to an activating group) is 1. The third-order valence-corrected chi connectivity index (χ3v) is 8.65. The van der Waals surface area contributed by atoms with Crippen LogP contribution in [0.15, 0.2) is 18.5 Å². The first-order valence-corrected chi connectivity index (χ1v) is 12.6. The molecular weight excluding hydrogens is 440 g/mol. The molecule has 3 N–H and O–H groups in total. The Kier molecular flexibility index (Phi) is 5.61. The summed E-state index contributed by atoms with van der Waals surface area (Å²) in [6, 6.07) is 2.42. The third-order valence-electron chi connectivity index (χ3n) is 6.48. The smallest absolute Gasteiger partial charge is 0.154 e. The van der Waals surface area contributed by atoms with Gasteiger partial charge >= 0.3 is 0 Å². The maximum Gasteiger partial charge on any atom is 0.154 e. The lowest BCUT2D eigenvalue weighted by molar-refractivity contribution is 0.206. The predicted molar refractivity (Wildman–Crippen MR) is 129 cm³/mol. The van der Waals surface area contributed by atoms with Crippen LogP contribution in [0.4, 0.5) is 0 Å². The van der Waals surface area contributed by atoms with Crippen LogP contribution in [0.5, 0.6) is 0 Å². The van der Waals surface area contributed by atoms with Crippen LogP contribution in [-0.4, -0.2) is 68.6 Å². The molecule has 0 atom stereocenters. The average Bonchev–Trinajstić information content (AvgIpc) is 3.61. The summed E-state index contributed by atoms with van der Waals surface area (Å²) in [5.41, 5.74) is 1.65. The van der Waals surface area contributed by atoms with E-state index in [1.54, 1.807) is 11.3 Å². The van der Waals surface area contributed by atoms with Crippen LogP contribution in [-0.2, 0) is 5.41 Å². The number of H-pyrrole nitrogens is 1. The monoisotopic (exact) mass is 468 g/mol. The van der Waals surface area contributed by atoms with Gasteiger partial charge in [-0.1, -0.05) is 0 Å². The van der Waals surface area contributed by atoms with Crippen LogP contribution in [0.25, 0.3) is 16.3 Å². The summed E-state index contributed by atoms with van der Waals surface area (Å²) in [7, 11) is 2.14. The molecule has 168 valence electrons. The number of imidazole rings is 1.